The molecular weight excluding hydrogens is 476 g/mol. The Hall–Kier alpha value is -2.18. The first-order valence-corrected chi connectivity index (χ1v) is 13.1. The molecule has 1 aliphatic rings. The number of amides is 1. The highest BCUT2D eigenvalue weighted by molar-refractivity contribution is 7.92. The van der Waals surface area contributed by atoms with Gasteiger partial charge in [0.05, 0.1) is 4.90 Å². The standard InChI is InChI=1S/C20H25ClN4O5S2/c1-24(2)32(29,30)25-13-11-15(12-14-25)20(26)22-17-7-9-19(10-8-17)31(27,28)23-18-5-3-16(21)4-6-18/h3-10,15,23H,11-14H2,1-2H3,(H,22,26). The molecule has 0 spiro atoms. The molecule has 174 valence electrons. The van der Waals surface area contributed by atoms with Crippen molar-refractivity contribution in [3.8, 4) is 0 Å². The van der Waals surface area contributed by atoms with Gasteiger partial charge in [-0.05, 0) is 61.4 Å². The van der Waals surface area contributed by atoms with Crippen LogP contribution in [0.2, 0.25) is 5.02 Å². The summed E-state index contributed by atoms with van der Waals surface area (Å²) in [5, 5.41) is 3.27. The fourth-order valence-electron chi connectivity index (χ4n) is 3.27. The first-order chi connectivity index (χ1) is 15.0. The number of anilines is 2. The average molecular weight is 501 g/mol. The third kappa shape index (κ3) is 5.78. The van der Waals surface area contributed by atoms with Crippen LogP contribution in [-0.2, 0) is 25.0 Å². The van der Waals surface area contributed by atoms with Crippen LogP contribution in [-0.4, -0.2) is 58.5 Å². The van der Waals surface area contributed by atoms with Crippen molar-refractivity contribution in [3.05, 3.63) is 53.6 Å². The second-order valence-corrected chi connectivity index (χ2v) is 11.9. The lowest BCUT2D eigenvalue weighted by atomic mass is 9.97. The van der Waals surface area contributed by atoms with Crippen LogP contribution in [0.3, 0.4) is 0 Å². The molecule has 2 aromatic rings. The molecule has 0 aliphatic carbocycles. The van der Waals surface area contributed by atoms with E-state index in [9.17, 15) is 21.6 Å². The molecule has 9 nitrogen and oxygen atoms in total. The molecule has 0 radical (unpaired) electrons. The van der Waals surface area contributed by atoms with Gasteiger partial charge in [-0.2, -0.15) is 17.0 Å². The van der Waals surface area contributed by atoms with Gasteiger partial charge in [-0.15, -0.1) is 0 Å². The summed E-state index contributed by atoms with van der Waals surface area (Å²) in [6, 6.07) is 12.1. The number of carbonyl (C=O) groups is 1. The SMILES string of the molecule is CN(C)S(=O)(=O)N1CCC(C(=O)Nc2ccc(S(=O)(=O)Nc3ccc(Cl)cc3)cc2)CC1. The van der Waals surface area contributed by atoms with Crippen LogP contribution in [0, 0.1) is 5.92 Å². The van der Waals surface area contributed by atoms with E-state index in [0.29, 0.717) is 29.2 Å². The Bertz CT molecular complexity index is 1160. The first-order valence-electron chi connectivity index (χ1n) is 9.86. The zero-order chi connectivity index (χ0) is 23.5. The number of halogens is 1. The summed E-state index contributed by atoms with van der Waals surface area (Å²) >= 11 is 5.81. The van der Waals surface area contributed by atoms with Crippen molar-refractivity contribution in [2.45, 2.75) is 17.7 Å². The van der Waals surface area contributed by atoms with E-state index in [1.807, 2.05) is 0 Å². The van der Waals surface area contributed by atoms with Gasteiger partial charge in [0.25, 0.3) is 20.2 Å². The Labute approximate surface area is 193 Å². The molecule has 2 N–H and O–H groups in total. The molecule has 0 unspecified atom stereocenters. The summed E-state index contributed by atoms with van der Waals surface area (Å²) in [4.78, 5) is 12.6. The number of nitrogens with one attached hydrogen (secondary N) is 2. The zero-order valence-electron chi connectivity index (χ0n) is 17.7. The highest BCUT2D eigenvalue weighted by atomic mass is 35.5. The molecule has 1 heterocycles. The number of sulfonamides is 1. The van der Waals surface area contributed by atoms with Crippen molar-refractivity contribution in [1.82, 2.24) is 8.61 Å². The summed E-state index contributed by atoms with van der Waals surface area (Å²) < 4.78 is 54.4. The molecule has 2 aromatic carbocycles. The van der Waals surface area contributed by atoms with Crippen molar-refractivity contribution in [1.29, 1.82) is 0 Å². The molecule has 0 saturated carbocycles. The molecule has 1 saturated heterocycles. The minimum atomic E-state index is -3.79. The highest BCUT2D eigenvalue weighted by Gasteiger charge is 2.32. The van der Waals surface area contributed by atoms with Crippen LogP contribution in [0.15, 0.2) is 53.4 Å². The van der Waals surface area contributed by atoms with Gasteiger partial charge in [0, 0.05) is 49.5 Å². The summed E-state index contributed by atoms with van der Waals surface area (Å²) in [6.07, 6.45) is 0.826. The van der Waals surface area contributed by atoms with E-state index in [1.54, 1.807) is 24.3 Å². The van der Waals surface area contributed by atoms with Crippen molar-refractivity contribution >= 4 is 49.1 Å². The van der Waals surface area contributed by atoms with Crippen LogP contribution >= 0.6 is 11.6 Å². The fraction of sp³-hybridized carbons (Fsp3) is 0.350. The fourth-order valence-corrected chi connectivity index (χ4v) is 5.59. The van der Waals surface area contributed by atoms with E-state index in [0.717, 1.165) is 4.31 Å². The van der Waals surface area contributed by atoms with Gasteiger partial charge in [-0.1, -0.05) is 11.6 Å². The quantitative estimate of drug-likeness (QED) is 0.606. The smallest absolute Gasteiger partial charge is 0.281 e. The van der Waals surface area contributed by atoms with Crippen molar-refractivity contribution in [2.75, 3.05) is 37.2 Å². The van der Waals surface area contributed by atoms with Crippen LogP contribution < -0.4 is 10.0 Å². The van der Waals surface area contributed by atoms with E-state index in [1.165, 1.54) is 42.7 Å². The molecule has 3 rings (SSSR count). The highest BCUT2D eigenvalue weighted by Crippen LogP contribution is 2.23. The molecule has 0 bridgehead atoms. The summed E-state index contributed by atoms with van der Waals surface area (Å²) in [7, 11) is -4.33. The Kier molecular flexibility index (Phi) is 7.46. The van der Waals surface area contributed by atoms with E-state index >= 15 is 0 Å². The van der Waals surface area contributed by atoms with Crippen LogP contribution in [0.1, 0.15) is 12.8 Å². The number of carbonyl (C=O) groups excluding carboxylic acids is 1. The minimum Gasteiger partial charge on any atom is -0.326 e. The lowest BCUT2D eigenvalue weighted by molar-refractivity contribution is -0.120. The Morgan fingerprint density at radius 1 is 0.938 bits per heavy atom. The van der Waals surface area contributed by atoms with Crippen LogP contribution in [0.25, 0.3) is 0 Å². The maximum absolute atomic E-state index is 12.6. The molecule has 1 amide bonds. The number of nitrogens with zero attached hydrogens (tertiary/aromatic N) is 2. The lowest BCUT2D eigenvalue weighted by Gasteiger charge is -2.32. The Morgan fingerprint density at radius 3 is 2.00 bits per heavy atom. The average Bonchev–Trinajstić information content (AvgIpc) is 2.75. The lowest BCUT2D eigenvalue weighted by Crippen LogP contribution is -2.46. The predicted octanol–water partition coefficient (Wildman–Crippen LogP) is 2.60. The Morgan fingerprint density at radius 2 is 1.47 bits per heavy atom. The topological polar surface area (TPSA) is 116 Å². The van der Waals surface area contributed by atoms with E-state index in [2.05, 4.69) is 10.0 Å². The van der Waals surface area contributed by atoms with Gasteiger partial charge in [0.2, 0.25) is 5.91 Å². The Balaban J connectivity index is 1.58. The predicted molar refractivity (Wildman–Crippen MR) is 124 cm³/mol. The van der Waals surface area contributed by atoms with Crippen molar-refractivity contribution in [2.24, 2.45) is 5.92 Å². The molecule has 1 aliphatic heterocycles. The van der Waals surface area contributed by atoms with E-state index in [-0.39, 0.29) is 29.8 Å². The molecule has 0 aromatic heterocycles. The maximum Gasteiger partial charge on any atom is 0.281 e. The van der Waals surface area contributed by atoms with Gasteiger partial charge in [-0.3, -0.25) is 9.52 Å². The van der Waals surface area contributed by atoms with Gasteiger partial charge in [0.15, 0.2) is 0 Å². The zero-order valence-corrected chi connectivity index (χ0v) is 20.0. The molecule has 12 heteroatoms. The third-order valence-corrected chi connectivity index (χ3v) is 8.73. The minimum absolute atomic E-state index is 0.0487. The number of piperidine rings is 1. The first kappa shape index (κ1) is 24.5. The van der Waals surface area contributed by atoms with Crippen molar-refractivity contribution < 1.29 is 21.6 Å². The maximum atomic E-state index is 12.6. The summed E-state index contributed by atoms with van der Waals surface area (Å²) in [6.45, 7) is 0.540. The second kappa shape index (κ2) is 9.75. The molecule has 32 heavy (non-hydrogen) atoms. The second-order valence-electron chi connectivity index (χ2n) is 7.59. The number of rotatable bonds is 7. The van der Waals surface area contributed by atoms with E-state index < -0.39 is 20.2 Å². The van der Waals surface area contributed by atoms with Crippen molar-refractivity contribution in [3.63, 3.8) is 0 Å². The number of hydrogen-bond acceptors (Lipinski definition) is 5. The largest absolute Gasteiger partial charge is 0.326 e. The van der Waals surface area contributed by atoms with Gasteiger partial charge in [0.1, 0.15) is 0 Å². The molecule has 1 fully saturated rings. The summed E-state index contributed by atoms with van der Waals surface area (Å²) in [5.74, 6) is -0.541. The number of hydrogen-bond donors (Lipinski definition) is 2. The molecule has 0 atom stereocenters. The monoisotopic (exact) mass is 500 g/mol. The molecular formula is C20H25ClN4O5S2. The van der Waals surface area contributed by atoms with Crippen LogP contribution in [0.5, 0.6) is 0 Å². The van der Waals surface area contributed by atoms with Crippen LogP contribution in [0.4, 0.5) is 11.4 Å². The normalized spacial score (nSPS) is 16.1. The van der Waals surface area contributed by atoms with Gasteiger partial charge < -0.3 is 5.32 Å². The van der Waals surface area contributed by atoms with Gasteiger partial charge in [-0.25, -0.2) is 8.42 Å². The van der Waals surface area contributed by atoms with Gasteiger partial charge >= 0.3 is 0 Å². The third-order valence-electron chi connectivity index (χ3n) is 5.14. The number of benzene rings is 2. The van der Waals surface area contributed by atoms with E-state index in [4.69, 9.17) is 11.6 Å². The summed E-state index contributed by atoms with van der Waals surface area (Å²) in [5.41, 5.74) is 0.846.